The molecule has 0 saturated carbocycles. The molecule has 1 unspecified atom stereocenters. The van der Waals surface area contributed by atoms with E-state index in [9.17, 15) is 5.11 Å². The fourth-order valence-corrected chi connectivity index (χ4v) is 1.12. The van der Waals surface area contributed by atoms with Gasteiger partial charge in [0.05, 0.1) is 6.10 Å². The van der Waals surface area contributed by atoms with Gasteiger partial charge in [-0.25, -0.2) is 0 Å². The van der Waals surface area contributed by atoms with Gasteiger partial charge in [-0.1, -0.05) is 18.2 Å². The van der Waals surface area contributed by atoms with Gasteiger partial charge < -0.3 is 16.2 Å². The van der Waals surface area contributed by atoms with Crippen molar-refractivity contribution in [1.29, 1.82) is 0 Å². The fourth-order valence-electron chi connectivity index (χ4n) is 1.12. The summed E-state index contributed by atoms with van der Waals surface area (Å²) in [6, 6.07) is 7.33. The molecule has 0 bridgehead atoms. The molecule has 3 nitrogen and oxygen atoms in total. The van der Waals surface area contributed by atoms with Crippen LogP contribution in [0.2, 0.25) is 0 Å². The summed E-state index contributed by atoms with van der Waals surface area (Å²) in [5.74, 6) is 0. The molecule has 1 aromatic rings. The van der Waals surface area contributed by atoms with Gasteiger partial charge in [-0.15, -0.1) is 0 Å². The first-order chi connectivity index (χ1) is 5.75. The van der Waals surface area contributed by atoms with Crippen molar-refractivity contribution >= 4 is 5.69 Å². The van der Waals surface area contributed by atoms with Gasteiger partial charge in [0.15, 0.2) is 0 Å². The van der Waals surface area contributed by atoms with Crippen LogP contribution < -0.4 is 11.1 Å². The van der Waals surface area contributed by atoms with Gasteiger partial charge in [-0.05, 0) is 13.1 Å². The Kier molecular flexibility index (Phi) is 3.08. The Bertz CT molecular complexity index is 250. The van der Waals surface area contributed by atoms with E-state index < -0.39 is 6.10 Å². The first kappa shape index (κ1) is 9.03. The van der Waals surface area contributed by atoms with Crippen LogP contribution in [-0.4, -0.2) is 18.7 Å². The molecule has 1 rings (SSSR count). The predicted octanol–water partition coefficient (Wildman–Crippen LogP) is 0.522. The largest absolute Gasteiger partial charge is 0.398 e. The summed E-state index contributed by atoms with van der Waals surface area (Å²) in [6.45, 7) is 0.522. The average molecular weight is 166 g/mol. The molecule has 0 spiro atoms. The number of anilines is 1. The number of rotatable bonds is 3. The SMILES string of the molecule is CNCC(O)c1ccccc1N. The van der Waals surface area contributed by atoms with E-state index in [4.69, 9.17) is 5.73 Å². The van der Waals surface area contributed by atoms with E-state index in [2.05, 4.69) is 5.32 Å². The van der Waals surface area contributed by atoms with Crippen LogP contribution in [0.3, 0.4) is 0 Å². The molecule has 0 heterocycles. The Morgan fingerprint density at radius 3 is 2.75 bits per heavy atom. The zero-order chi connectivity index (χ0) is 8.97. The quantitative estimate of drug-likeness (QED) is 0.574. The van der Waals surface area contributed by atoms with Crippen molar-refractivity contribution in [3.05, 3.63) is 29.8 Å². The zero-order valence-electron chi connectivity index (χ0n) is 7.12. The summed E-state index contributed by atoms with van der Waals surface area (Å²) in [5.41, 5.74) is 7.09. The Balaban J connectivity index is 2.79. The highest BCUT2D eigenvalue weighted by Gasteiger charge is 2.07. The first-order valence-electron chi connectivity index (χ1n) is 3.92. The number of nitrogens with two attached hydrogens (primary N) is 1. The van der Waals surface area contributed by atoms with Crippen molar-refractivity contribution in [2.24, 2.45) is 0 Å². The van der Waals surface area contributed by atoms with E-state index in [1.54, 1.807) is 13.1 Å². The van der Waals surface area contributed by atoms with Crippen LogP contribution in [0.25, 0.3) is 0 Å². The Morgan fingerprint density at radius 2 is 2.17 bits per heavy atom. The highest BCUT2D eigenvalue weighted by Crippen LogP contribution is 2.18. The van der Waals surface area contributed by atoms with Crippen LogP contribution in [0.5, 0.6) is 0 Å². The summed E-state index contributed by atoms with van der Waals surface area (Å²) < 4.78 is 0. The summed E-state index contributed by atoms with van der Waals surface area (Å²) in [4.78, 5) is 0. The lowest BCUT2D eigenvalue weighted by molar-refractivity contribution is 0.178. The summed E-state index contributed by atoms with van der Waals surface area (Å²) in [7, 11) is 1.79. The van der Waals surface area contributed by atoms with Crippen LogP contribution in [0.15, 0.2) is 24.3 Å². The molecule has 3 heteroatoms. The van der Waals surface area contributed by atoms with E-state index in [0.29, 0.717) is 12.2 Å². The van der Waals surface area contributed by atoms with Crippen molar-refractivity contribution in [3.8, 4) is 0 Å². The number of benzene rings is 1. The molecule has 0 aliphatic heterocycles. The van der Waals surface area contributed by atoms with Crippen molar-refractivity contribution in [2.45, 2.75) is 6.10 Å². The van der Waals surface area contributed by atoms with Crippen LogP contribution >= 0.6 is 0 Å². The third-order valence-corrected chi connectivity index (χ3v) is 1.75. The van der Waals surface area contributed by atoms with Gasteiger partial charge >= 0.3 is 0 Å². The van der Waals surface area contributed by atoms with E-state index >= 15 is 0 Å². The number of nitrogen functional groups attached to an aromatic ring is 1. The second kappa shape index (κ2) is 4.09. The standard InChI is InChI=1S/C9H14N2O/c1-11-6-9(12)7-4-2-3-5-8(7)10/h2-5,9,11-12H,6,10H2,1H3. The van der Waals surface area contributed by atoms with Gasteiger partial charge in [0, 0.05) is 17.8 Å². The predicted molar refractivity (Wildman–Crippen MR) is 49.7 cm³/mol. The van der Waals surface area contributed by atoms with Crippen molar-refractivity contribution in [2.75, 3.05) is 19.3 Å². The second-order valence-electron chi connectivity index (χ2n) is 2.70. The molecule has 1 atom stereocenters. The van der Waals surface area contributed by atoms with Crippen molar-refractivity contribution in [1.82, 2.24) is 5.32 Å². The number of likely N-dealkylation sites (N-methyl/N-ethyl adjacent to an activating group) is 1. The molecule has 12 heavy (non-hydrogen) atoms. The molecule has 0 aliphatic carbocycles. The van der Waals surface area contributed by atoms with Crippen LogP contribution in [-0.2, 0) is 0 Å². The minimum absolute atomic E-state index is 0.517. The van der Waals surface area contributed by atoms with Gasteiger partial charge in [0.25, 0.3) is 0 Å². The number of aliphatic hydroxyl groups excluding tert-OH is 1. The van der Waals surface area contributed by atoms with Crippen LogP contribution in [0.4, 0.5) is 5.69 Å². The zero-order valence-corrected chi connectivity index (χ0v) is 7.12. The Morgan fingerprint density at radius 1 is 1.50 bits per heavy atom. The number of nitrogens with one attached hydrogen (secondary N) is 1. The summed E-state index contributed by atoms with van der Waals surface area (Å²) in [6.07, 6.45) is -0.517. The van der Waals surface area contributed by atoms with E-state index in [-0.39, 0.29) is 0 Å². The van der Waals surface area contributed by atoms with Gasteiger partial charge in [0.1, 0.15) is 0 Å². The molecule has 4 N–H and O–H groups in total. The molecule has 0 radical (unpaired) electrons. The molecule has 66 valence electrons. The highest BCUT2D eigenvalue weighted by molar-refractivity contribution is 5.47. The van der Waals surface area contributed by atoms with Crippen LogP contribution in [0, 0.1) is 0 Å². The van der Waals surface area contributed by atoms with Gasteiger partial charge in [-0.2, -0.15) is 0 Å². The lowest BCUT2D eigenvalue weighted by Crippen LogP contribution is -2.17. The average Bonchev–Trinajstić information content (AvgIpc) is 2.05. The summed E-state index contributed by atoms with van der Waals surface area (Å²) in [5, 5.41) is 12.4. The van der Waals surface area contributed by atoms with E-state index in [1.165, 1.54) is 0 Å². The maximum Gasteiger partial charge on any atom is 0.0934 e. The molecule has 0 fully saturated rings. The maximum absolute atomic E-state index is 9.56. The lowest BCUT2D eigenvalue weighted by Gasteiger charge is -2.11. The maximum atomic E-state index is 9.56. The molecule has 0 aromatic heterocycles. The van der Waals surface area contributed by atoms with Crippen LogP contribution in [0.1, 0.15) is 11.7 Å². The van der Waals surface area contributed by atoms with E-state index in [0.717, 1.165) is 5.56 Å². The second-order valence-corrected chi connectivity index (χ2v) is 2.70. The lowest BCUT2D eigenvalue weighted by atomic mass is 10.1. The Hall–Kier alpha value is -1.06. The summed E-state index contributed by atoms with van der Waals surface area (Å²) >= 11 is 0. The fraction of sp³-hybridized carbons (Fsp3) is 0.333. The minimum Gasteiger partial charge on any atom is -0.398 e. The molecule has 1 aromatic carbocycles. The minimum atomic E-state index is -0.517. The molecule has 0 aliphatic rings. The van der Waals surface area contributed by atoms with Gasteiger partial charge in [-0.3, -0.25) is 0 Å². The Labute approximate surface area is 72.2 Å². The normalized spacial score (nSPS) is 12.8. The van der Waals surface area contributed by atoms with Crippen molar-refractivity contribution in [3.63, 3.8) is 0 Å². The number of para-hydroxylation sites is 1. The number of hydrogen-bond donors (Lipinski definition) is 3. The van der Waals surface area contributed by atoms with Gasteiger partial charge in [0.2, 0.25) is 0 Å². The molecular weight excluding hydrogens is 152 g/mol. The molecule has 0 saturated heterocycles. The first-order valence-corrected chi connectivity index (χ1v) is 3.92. The number of hydrogen-bond acceptors (Lipinski definition) is 3. The molecular formula is C9H14N2O. The van der Waals surface area contributed by atoms with E-state index in [1.807, 2.05) is 18.2 Å². The monoisotopic (exact) mass is 166 g/mol. The number of aliphatic hydroxyl groups is 1. The molecule has 0 amide bonds. The highest BCUT2D eigenvalue weighted by atomic mass is 16.3. The smallest absolute Gasteiger partial charge is 0.0934 e. The third kappa shape index (κ3) is 1.96. The third-order valence-electron chi connectivity index (χ3n) is 1.75. The van der Waals surface area contributed by atoms with Crippen molar-refractivity contribution < 1.29 is 5.11 Å². The topological polar surface area (TPSA) is 58.3 Å².